The average molecular weight is 395 g/mol. The number of nitrogens with one attached hydrogen (secondary N) is 1. The van der Waals surface area contributed by atoms with Crippen molar-refractivity contribution in [2.24, 2.45) is 0 Å². The van der Waals surface area contributed by atoms with E-state index in [-0.39, 0.29) is 6.54 Å². The second-order valence-electron chi connectivity index (χ2n) is 3.87. The van der Waals surface area contributed by atoms with Crippen LogP contribution in [0, 0.1) is 15.9 Å². The number of nitro groups is 1. The number of rotatable bonds is 5. The van der Waals surface area contributed by atoms with Crippen LogP contribution < -0.4 is 4.72 Å². The average Bonchev–Trinajstić information content (AvgIpc) is 2.82. The topological polar surface area (TPSA) is 89.3 Å². The van der Waals surface area contributed by atoms with Gasteiger partial charge in [-0.2, -0.15) is 4.39 Å². The summed E-state index contributed by atoms with van der Waals surface area (Å²) < 4.78 is 40.7. The van der Waals surface area contributed by atoms with Gasteiger partial charge in [0.25, 0.3) is 0 Å². The normalized spacial score (nSPS) is 11.5. The van der Waals surface area contributed by atoms with Crippen molar-refractivity contribution in [1.29, 1.82) is 0 Å². The van der Waals surface area contributed by atoms with Crippen molar-refractivity contribution in [2.75, 3.05) is 0 Å². The van der Waals surface area contributed by atoms with Crippen molar-refractivity contribution < 1.29 is 17.7 Å². The molecule has 0 aliphatic rings. The Balaban J connectivity index is 2.32. The second-order valence-corrected chi connectivity index (χ2v) is 8.16. The highest BCUT2D eigenvalue weighted by atomic mass is 79.9. The lowest BCUT2D eigenvalue weighted by Gasteiger charge is -2.06. The third kappa shape index (κ3) is 3.64. The van der Waals surface area contributed by atoms with Gasteiger partial charge in [-0.3, -0.25) is 10.1 Å². The molecule has 2 aromatic rings. The Bertz CT molecular complexity index is 791. The van der Waals surface area contributed by atoms with Crippen LogP contribution in [0.1, 0.15) is 4.88 Å². The maximum atomic E-state index is 13.5. The maximum absolute atomic E-state index is 13.5. The fourth-order valence-electron chi connectivity index (χ4n) is 1.58. The highest BCUT2D eigenvalue weighted by Crippen LogP contribution is 2.27. The van der Waals surface area contributed by atoms with Crippen LogP contribution >= 0.6 is 27.3 Å². The van der Waals surface area contributed by atoms with Gasteiger partial charge in [0.05, 0.1) is 8.71 Å². The number of sulfonamides is 1. The largest absolute Gasteiger partial charge is 0.324 e. The summed E-state index contributed by atoms with van der Waals surface area (Å²) in [5, 5.41) is 10.8. The van der Waals surface area contributed by atoms with Gasteiger partial charge in [-0.05, 0) is 40.2 Å². The van der Waals surface area contributed by atoms with E-state index in [0.29, 0.717) is 4.88 Å². The molecule has 1 aromatic heterocycles. The number of thiophene rings is 1. The van der Waals surface area contributed by atoms with Gasteiger partial charge in [0.15, 0.2) is 4.90 Å². The molecule has 0 radical (unpaired) electrons. The van der Waals surface area contributed by atoms with Gasteiger partial charge < -0.3 is 0 Å². The SMILES string of the molecule is O=[N+]([O-])c1c(F)cccc1S(=O)(=O)NCc1ccc(Br)s1. The Labute approximate surface area is 131 Å². The summed E-state index contributed by atoms with van der Waals surface area (Å²) in [5.74, 6) is -1.19. The van der Waals surface area contributed by atoms with E-state index in [1.54, 1.807) is 12.1 Å². The molecule has 2 rings (SSSR count). The van der Waals surface area contributed by atoms with E-state index in [0.717, 1.165) is 22.0 Å². The third-order valence-electron chi connectivity index (χ3n) is 2.49. The fraction of sp³-hybridized carbons (Fsp3) is 0.0909. The minimum absolute atomic E-state index is 0.0354. The molecule has 0 unspecified atom stereocenters. The monoisotopic (exact) mass is 394 g/mol. The Morgan fingerprint density at radius 3 is 2.62 bits per heavy atom. The summed E-state index contributed by atoms with van der Waals surface area (Å²) in [6, 6.07) is 6.40. The number of halogens is 2. The molecule has 112 valence electrons. The maximum Gasteiger partial charge on any atom is 0.324 e. The van der Waals surface area contributed by atoms with Gasteiger partial charge in [-0.1, -0.05) is 6.07 Å². The molecule has 0 atom stereocenters. The predicted octanol–water partition coefficient (Wildman–Crippen LogP) is 3.04. The zero-order valence-electron chi connectivity index (χ0n) is 10.2. The fourth-order valence-corrected chi connectivity index (χ4v) is 4.28. The lowest BCUT2D eigenvalue weighted by atomic mass is 10.3. The van der Waals surface area contributed by atoms with E-state index in [9.17, 15) is 22.9 Å². The first-order valence-electron chi connectivity index (χ1n) is 5.48. The van der Waals surface area contributed by atoms with Crippen molar-refractivity contribution >= 4 is 43.0 Å². The van der Waals surface area contributed by atoms with E-state index < -0.39 is 31.3 Å². The van der Waals surface area contributed by atoms with Crippen molar-refractivity contribution in [2.45, 2.75) is 11.4 Å². The molecule has 0 saturated carbocycles. The van der Waals surface area contributed by atoms with Crippen LogP contribution in [-0.4, -0.2) is 13.3 Å². The van der Waals surface area contributed by atoms with Crippen LogP contribution in [-0.2, 0) is 16.6 Å². The number of nitrogens with zero attached hydrogens (tertiary/aromatic N) is 1. The minimum Gasteiger partial charge on any atom is -0.258 e. The minimum atomic E-state index is -4.19. The molecule has 6 nitrogen and oxygen atoms in total. The number of para-hydroxylation sites is 1. The molecule has 1 heterocycles. The van der Waals surface area contributed by atoms with Crippen molar-refractivity contribution in [3.05, 3.63) is 54.9 Å². The summed E-state index contributed by atoms with van der Waals surface area (Å²) in [7, 11) is -4.19. The van der Waals surface area contributed by atoms with E-state index in [1.165, 1.54) is 11.3 Å². The van der Waals surface area contributed by atoms with E-state index >= 15 is 0 Å². The van der Waals surface area contributed by atoms with Gasteiger partial charge in [0.2, 0.25) is 15.8 Å². The first-order chi connectivity index (χ1) is 9.81. The van der Waals surface area contributed by atoms with E-state index in [2.05, 4.69) is 20.7 Å². The molecule has 0 saturated heterocycles. The Kier molecular flexibility index (Phi) is 4.71. The molecule has 0 fully saturated rings. The smallest absolute Gasteiger partial charge is 0.258 e. The van der Waals surface area contributed by atoms with E-state index in [4.69, 9.17) is 0 Å². The Morgan fingerprint density at radius 1 is 1.33 bits per heavy atom. The van der Waals surface area contributed by atoms with Gasteiger partial charge in [0, 0.05) is 11.4 Å². The summed E-state index contributed by atoms with van der Waals surface area (Å²) in [5.41, 5.74) is -1.06. The Hall–Kier alpha value is -1.36. The molecule has 21 heavy (non-hydrogen) atoms. The summed E-state index contributed by atoms with van der Waals surface area (Å²) >= 11 is 4.56. The number of hydrogen-bond donors (Lipinski definition) is 1. The zero-order valence-corrected chi connectivity index (χ0v) is 13.5. The molecule has 0 aliphatic heterocycles. The van der Waals surface area contributed by atoms with Gasteiger partial charge in [-0.25, -0.2) is 13.1 Å². The van der Waals surface area contributed by atoms with Gasteiger partial charge >= 0.3 is 5.69 Å². The molecule has 0 amide bonds. The van der Waals surface area contributed by atoms with E-state index in [1.807, 2.05) is 0 Å². The first-order valence-corrected chi connectivity index (χ1v) is 8.57. The van der Waals surface area contributed by atoms with Crippen LogP contribution in [0.2, 0.25) is 0 Å². The lowest BCUT2D eigenvalue weighted by molar-refractivity contribution is -0.390. The molecule has 1 N–H and O–H groups in total. The molecule has 0 aliphatic carbocycles. The predicted molar refractivity (Wildman–Crippen MR) is 79.1 cm³/mol. The molecule has 1 aromatic carbocycles. The quantitative estimate of drug-likeness (QED) is 0.623. The highest BCUT2D eigenvalue weighted by molar-refractivity contribution is 9.11. The third-order valence-corrected chi connectivity index (χ3v) is 5.54. The first kappa shape index (κ1) is 16.0. The van der Waals surface area contributed by atoms with Gasteiger partial charge in [0.1, 0.15) is 0 Å². The van der Waals surface area contributed by atoms with Crippen molar-refractivity contribution in [1.82, 2.24) is 4.72 Å². The zero-order chi connectivity index (χ0) is 15.6. The molecule has 0 spiro atoms. The summed E-state index contributed by atoms with van der Waals surface area (Å²) in [4.78, 5) is 9.81. The van der Waals surface area contributed by atoms with Crippen molar-refractivity contribution in [3.8, 4) is 0 Å². The standard InChI is InChI=1S/C11H8BrFN2O4S2/c12-10-5-4-7(20-10)6-14-21(18,19)9-3-1-2-8(13)11(9)15(16)17/h1-5,14H,6H2. The highest BCUT2D eigenvalue weighted by Gasteiger charge is 2.29. The molecular weight excluding hydrogens is 387 g/mol. The second kappa shape index (κ2) is 6.18. The number of benzene rings is 1. The van der Waals surface area contributed by atoms with Crippen LogP contribution in [0.5, 0.6) is 0 Å². The molecule has 0 bridgehead atoms. The Morgan fingerprint density at radius 2 is 2.05 bits per heavy atom. The summed E-state index contributed by atoms with van der Waals surface area (Å²) in [6.07, 6.45) is 0. The summed E-state index contributed by atoms with van der Waals surface area (Å²) in [6.45, 7) is -0.0354. The van der Waals surface area contributed by atoms with Crippen LogP contribution in [0.3, 0.4) is 0 Å². The van der Waals surface area contributed by atoms with Crippen LogP contribution in [0.25, 0.3) is 0 Å². The number of nitro benzene ring substituents is 1. The van der Waals surface area contributed by atoms with Gasteiger partial charge in [-0.15, -0.1) is 11.3 Å². The lowest BCUT2D eigenvalue weighted by Crippen LogP contribution is -2.24. The van der Waals surface area contributed by atoms with Crippen LogP contribution in [0.15, 0.2) is 39.0 Å². The molecular formula is C11H8BrFN2O4S2. The van der Waals surface area contributed by atoms with Crippen LogP contribution in [0.4, 0.5) is 10.1 Å². The van der Waals surface area contributed by atoms with Crippen molar-refractivity contribution in [3.63, 3.8) is 0 Å². The molecule has 10 heteroatoms. The number of hydrogen-bond acceptors (Lipinski definition) is 5.